The van der Waals surface area contributed by atoms with Crippen LogP contribution in [0.3, 0.4) is 0 Å². The van der Waals surface area contributed by atoms with Gasteiger partial charge in [0.1, 0.15) is 0 Å². The summed E-state index contributed by atoms with van der Waals surface area (Å²) < 4.78 is 5.92. The van der Waals surface area contributed by atoms with E-state index in [2.05, 4.69) is 24.3 Å². The van der Waals surface area contributed by atoms with Gasteiger partial charge in [0.25, 0.3) is 0 Å². The van der Waals surface area contributed by atoms with Crippen molar-refractivity contribution in [2.45, 2.75) is 31.5 Å². The monoisotopic (exact) mass is 162 g/mol. The van der Waals surface area contributed by atoms with Gasteiger partial charge in [-0.2, -0.15) is 0 Å². The molecule has 1 heterocycles. The van der Waals surface area contributed by atoms with Gasteiger partial charge in [0.2, 0.25) is 0 Å². The summed E-state index contributed by atoms with van der Waals surface area (Å²) in [6, 6.07) is 0. The molecule has 1 nitrogen and oxygen atoms in total. The fourth-order valence-electron chi connectivity index (χ4n) is 2.82. The molecule has 1 aliphatic heterocycles. The van der Waals surface area contributed by atoms with Crippen LogP contribution < -0.4 is 0 Å². The lowest BCUT2D eigenvalue weighted by molar-refractivity contribution is 0.0832. The highest BCUT2D eigenvalue weighted by Crippen LogP contribution is 2.43. The van der Waals surface area contributed by atoms with Crippen molar-refractivity contribution in [3.05, 3.63) is 24.3 Å². The van der Waals surface area contributed by atoms with Crippen LogP contribution >= 0.6 is 0 Å². The van der Waals surface area contributed by atoms with Crippen LogP contribution in [0.1, 0.15) is 19.3 Å². The van der Waals surface area contributed by atoms with Gasteiger partial charge in [0.15, 0.2) is 0 Å². The average molecular weight is 162 g/mol. The first-order chi connectivity index (χ1) is 5.95. The third kappa shape index (κ3) is 0.831. The minimum atomic E-state index is 0.443. The molecule has 0 saturated carbocycles. The molecule has 1 heteroatoms. The summed E-state index contributed by atoms with van der Waals surface area (Å²) >= 11 is 0. The topological polar surface area (TPSA) is 9.23 Å². The maximum Gasteiger partial charge on any atom is 0.0798 e. The van der Waals surface area contributed by atoms with Crippen molar-refractivity contribution in [3.8, 4) is 0 Å². The first-order valence-electron chi connectivity index (χ1n) is 4.94. The van der Waals surface area contributed by atoms with E-state index in [1.165, 1.54) is 19.3 Å². The van der Waals surface area contributed by atoms with Gasteiger partial charge in [0.05, 0.1) is 12.2 Å². The van der Waals surface area contributed by atoms with E-state index >= 15 is 0 Å². The second-order valence-electron chi connectivity index (χ2n) is 4.06. The van der Waals surface area contributed by atoms with Crippen LogP contribution in [-0.4, -0.2) is 12.2 Å². The molecule has 1 fully saturated rings. The highest BCUT2D eigenvalue weighted by atomic mass is 16.5. The van der Waals surface area contributed by atoms with E-state index in [-0.39, 0.29) is 0 Å². The summed E-state index contributed by atoms with van der Waals surface area (Å²) in [5.74, 6) is 1.62. The molecule has 1 saturated heterocycles. The van der Waals surface area contributed by atoms with Gasteiger partial charge in [-0.3, -0.25) is 0 Å². The van der Waals surface area contributed by atoms with Crippen LogP contribution in [0, 0.1) is 11.8 Å². The first kappa shape index (κ1) is 6.90. The van der Waals surface area contributed by atoms with Crippen molar-refractivity contribution >= 4 is 0 Å². The molecule has 0 radical (unpaired) electrons. The fourth-order valence-corrected chi connectivity index (χ4v) is 2.82. The van der Waals surface area contributed by atoms with Gasteiger partial charge in [-0.05, 0) is 31.1 Å². The second-order valence-corrected chi connectivity index (χ2v) is 4.06. The molecule has 0 aromatic rings. The van der Waals surface area contributed by atoms with Gasteiger partial charge in [-0.1, -0.05) is 24.3 Å². The van der Waals surface area contributed by atoms with Crippen molar-refractivity contribution in [2.75, 3.05) is 0 Å². The largest absolute Gasteiger partial charge is 0.366 e. The fraction of sp³-hybridized carbons (Fsp3) is 0.636. The maximum atomic E-state index is 5.92. The molecule has 4 unspecified atom stereocenters. The van der Waals surface area contributed by atoms with Crippen LogP contribution in [-0.2, 0) is 4.74 Å². The van der Waals surface area contributed by atoms with E-state index in [9.17, 15) is 0 Å². The third-order valence-corrected chi connectivity index (χ3v) is 3.43. The minimum absolute atomic E-state index is 0.443. The molecular formula is C11H14O. The Morgan fingerprint density at radius 2 is 1.83 bits per heavy atom. The Balaban J connectivity index is 1.88. The lowest BCUT2D eigenvalue weighted by Crippen LogP contribution is -2.20. The van der Waals surface area contributed by atoms with E-state index in [1.807, 2.05) is 0 Å². The quantitative estimate of drug-likeness (QED) is 0.497. The van der Waals surface area contributed by atoms with Crippen LogP contribution in [0.4, 0.5) is 0 Å². The molecule has 0 aromatic heterocycles. The maximum absolute atomic E-state index is 5.92. The predicted molar refractivity (Wildman–Crippen MR) is 47.8 cm³/mol. The van der Waals surface area contributed by atoms with E-state index in [0.717, 1.165) is 11.8 Å². The van der Waals surface area contributed by atoms with Gasteiger partial charge in [-0.15, -0.1) is 0 Å². The van der Waals surface area contributed by atoms with Gasteiger partial charge < -0.3 is 4.74 Å². The van der Waals surface area contributed by atoms with Gasteiger partial charge >= 0.3 is 0 Å². The summed E-state index contributed by atoms with van der Waals surface area (Å²) in [6.07, 6.45) is 13.8. The molecule has 3 aliphatic rings. The molecule has 2 aliphatic carbocycles. The Hall–Kier alpha value is -0.560. The molecule has 64 valence electrons. The zero-order valence-electron chi connectivity index (χ0n) is 7.15. The Bertz CT molecular complexity index is 241. The Morgan fingerprint density at radius 1 is 1.00 bits per heavy atom. The van der Waals surface area contributed by atoms with Crippen molar-refractivity contribution < 1.29 is 4.74 Å². The Labute approximate surface area is 73.1 Å². The van der Waals surface area contributed by atoms with E-state index in [1.54, 1.807) is 0 Å². The van der Waals surface area contributed by atoms with Crippen LogP contribution in [0.25, 0.3) is 0 Å². The SMILES string of the molecule is C1=CC2OC3C=CCC3C2CC1. The van der Waals surface area contributed by atoms with Crippen LogP contribution in [0.2, 0.25) is 0 Å². The molecule has 0 spiro atoms. The lowest BCUT2D eigenvalue weighted by Gasteiger charge is -2.22. The van der Waals surface area contributed by atoms with Crippen LogP contribution in [0.15, 0.2) is 24.3 Å². The molecule has 3 rings (SSSR count). The molecule has 0 bridgehead atoms. The number of allylic oxidation sites excluding steroid dienone is 2. The van der Waals surface area contributed by atoms with E-state index in [4.69, 9.17) is 4.74 Å². The summed E-state index contributed by atoms with van der Waals surface area (Å²) in [6.45, 7) is 0. The van der Waals surface area contributed by atoms with Crippen molar-refractivity contribution in [3.63, 3.8) is 0 Å². The normalized spacial score (nSPS) is 49.3. The number of hydrogen-bond acceptors (Lipinski definition) is 1. The van der Waals surface area contributed by atoms with E-state index < -0.39 is 0 Å². The Kier molecular flexibility index (Phi) is 1.42. The summed E-state index contributed by atoms with van der Waals surface area (Å²) in [5, 5.41) is 0. The number of hydrogen-bond donors (Lipinski definition) is 0. The summed E-state index contributed by atoms with van der Waals surface area (Å²) in [7, 11) is 0. The molecule has 0 amide bonds. The number of ether oxygens (including phenoxy) is 1. The lowest BCUT2D eigenvalue weighted by atomic mass is 9.82. The molecular weight excluding hydrogens is 148 g/mol. The van der Waals surface area contributed by atoms with Crippen molar-refractivity contribution in [1.29, 1.82) is 0 Å². The highest BCUT2D eigenvalue weighted by Gasteiger charge is 2.43. The molecule has 0 aromatic carbocycles. The van der Waals surface area contributed by atoms with Gasteiger partial charge in [0, 0.05) is 0 Å². The number of rotatable bonds is 0. The zero-order chi connectivity index (χ0) is 7.97. The summed E-state index contributed by atoms with van der Waals surface area (Å²) in [5.41, 5.74) is 0. The minimum Gasteiger partial charge on any atom is -0.366 e. The zero-order valence-corrected chi connectivity index (χ0v) is 7.15. The third-order valence-electron chi connectivity index (χ3n) is 3.43. The highest BCUT2D eigenvalue weighted by molar-refractivity contribution is 5.14. The summed E-state index contributed by atoms with van der Waals surface area (Å²) in [4.78, 5) is 0. The first-order valence-corrected chi connectivity index (χ1v) is 4.94. The van der Waals surface area contributed by atoms with Crippen molar-refractivity contribution in [1.82, 2.24) is 0 Å². The molecule has 0 N–H and O–H groups in total. The smallest absolute Gasteiger partial charge is 0.0798 e. The Morgan fingerprint density at radius 3 is 2.83 bits per heavy atom. The number of fused-ring (bicyclic) bond motifs is 3. The molecule has 12 heavy (non-hydrogen) atoms. The second kappa shape index (κ2) is 2.46. The standard InChI is InChI=1S/C11H14O/c1-2-6-10-8(4-1)9-5-3-7-11(9)12-10/h2-3,6-11H,1,4-5H2. The predicted octanol–water partition coefficient (Wildman–Crippen LogP) is 2.30. The molecule has 4 atom stereocenters. The van der Waals surface area contributed by atoms with E-state index in [0.29, 0.717) is 12.2 Å². The van der Waals surface area contributed by atoms with Crippen LogP contribution in [0.5, 0.6) is 0 Å². The van der Waals surface area contributed by atoms with Gasteiger partial charge in [-0.25, -0.2) is 0 Å². The average Bonchev–Trinajstić information content (AvgIpc) is 2.62. The van der Waals surface area contributed by atoms with Crippen molar-refractivity contribution in [2.24, 2.45) is 11.8 Å².